The number of nitrogens with zero attached hydrogens (tertiary/aromatic N) is 4. The van der Waals surface area contributed by atoms with Gasteiger partial charge in [0.25, 0.3) is 0 Å². The highest BCUT2D eigenvalue weighted by Crippen LogP contribution is 2.23. The van der Waals surface area contributed by atoms with Crippen LogP contribution in [-0.4, -0.2) is 64.9 Å². The molecule has 1 atom stereocenters. The lowest BCUT2D eigenvalue weighted by Gasteiger charge is -2.31. The monoisotopic (exact) mass is 361 g/mol. The van der Waals surface area contributed by atoms with Gasteiger partial charge in [0, 0.05) is 25.3 Å². The van der Waals surface area contributed by atoms with Crippen LogP contribution in [0.1, 0.15) is 56.5 Å². The molecule has 1 N–H and O–H groups in total. The molecule has 0 radical (unpaired) electrons. The van der Waals surface area contributed by atoms with Gasteiger partial charge in [-0.2, -0.15) is 5.10 Å². The Morgan fingerprint density at radius 1 is 1.23 bits per heavy atom. The van der Waals surface area contributed by atoms with E-state index >= 15 is 0 Å². The molecule has 2 aliphatic heterocycles. The molecule has 0 unspecified atom stereocenters. The van der Waals surface area contributed by atoms with Gasteiger partial charge >= 0.3 is 6.03 Å². The van der Waals surface area contributed by atoms with Gasteiger partial charge in [0.2, 0.25) is 0 Å². The number of likely N-dealkylation sites (tertiary alicyclic amines) is 2. The van der Waals surface area contributed by atoms with Crippen molar-refractivity contribution in [1.82, 2.24) is 24.9 Å². The Morgan fingerprint density at radius 2 is 2.00 bits per heavy atom. The molecule has 0 aromatic carbocycles. The average Bonchev–Trinajstić information content (AvgIpc) is 3.23. The van der Waals surface area contributed by atoms with Crippen LogP contribution in [0.3, 0.4) is 0 Å². The van der Waals surface area contributed by atoms with Gasteiger partial charge in [-0.3, -0.25) is 4.68 Å². The molecule has 146 valence electrons. The summed E-state index contributed by atoms with van der Waals surface area (Å²) in [7, 11) is 0. The van der Waals surface area contributed by atoms with E-state index in [0.717, 1.165) is 44.1 Å². The number of nitrogens with one attached hydrogen (secondary N) is 1. The quantitative estimate of drug-likeness (QED) is 0.847. The number of urea groups is 1. The molecule has 6 heteroatoms. The number of piperidine rings is 1. The summed E-state index contributed by atoms with van der Waals surface area (Å²) in [6.07, 6.45) is 5.90. The first-order valence-electron chi connectivity index (χ1n) is 10.3. The molecule has 6 nitrogen and oxygen atoms in total. The lowest BCUT2D eigenvalue weighted by Crippen LogP contribution is -2.40. The molecule has 3 rings (SSSR count). The van der Waals surface area contributed by atoms with Crippen molar-refractivity contribution in [3.05, 3.63) is 17.5 Å². The van der Waals surface area contributed by atoms with Gasteiger partial charge in [-0.15, -0.1) is 0 Å². The Morgan fingerprint density at radius 3 is 2.65 bits per heavy atom. The zero-order valence-electron chi connectivity index (χ0n) is 16.7. The van der Waals surface area contributed by atoms with Gasteiger partial charge in [0.15, 0.2) is 0 Å². The predicted molar refractivity (Wildman–Crippen MR) is 104 cm³/mol. The largest absolute Gasteiger partial charge is 0.338 e. The fourth-order valence-corrected chi connectivity index (χ4v) is 4.45. The average molecular weight is 362 g/mol. The molecule has 0 spiro atoms. The number of hydrogen-bond donors (Lipinski definition) is 1. The van der Waals surface area contributed by atoms with Gasteiger partial charge in [-0.1, -0.05) is 6.92 Å². The number of carbonyl (C=O) groups is 1. The van der Waals surface area contributed by atoms with Crippen LogP contribution < -0.4 is 5.32 Å². The maximum atomic E-state index is 12.5. The summed E-state index contributed by atoms with van der Waals surface area (Å²) in [6, 6.07) is 2.52. The minimum atomic E-state index is 0.0949. The highest BCUT2D eigenvalue weighted by Gasteiger charge is 2.28. The Balaban J connectivity index is 1.36. The fraction of sp³-hybridized carbons (Fsp3) is 0.800. The van der Waals surface area contributed by atoms with Crippen molar-refractivity contribution in [2.45, 2.75) is 58.9 Å². The van der Waals surface area contributed by atoms with Gasteiger partial charge in [0.1, 0.15) is 0 Å². The second kappa shape index (κ2) is 8.89. The molecular formula is C20H35N5O. The molecular weight excluding hydrogens is 326 g/mol. The van der Waals surface area contributed by atoms with Gasteiger partial charge in [-0.05, 0) is 77.6 Å². The number of amides is 2. The minimum absolute atomic E-state index is 0.0949. The van der Waals surface area contributed by atoms with Crippen LogP contribution in [0, 0.1) is 19.8 Å². The van der Waals surface area contributed by atoms with Crippen molar-refractivity contribution in [2.24, 2.45) is 5.92 Å². The highest BCUT2D eigenvalue weighted by atomic mass is 16.2. The SMILES string of the molecule is CCCN1CCC(CCNC(=O)N2CC[C@@H](n3nc(C)cc3C)C2)CC1. The summed E-state index contributed by atoms with van der Waals surface area (Å²) < 4.78 is 2.09. The van der Waals surface area contributed by atoms with Crippen LogP contribution in [0.25, 0.3) is 0 Å². The number of rotatable bonds is 6. The van der Waals surface area contributed by atoms with E-state index in [4.69, 9.17) is 0 Å². The molecule has 0 aliphatic carbocycles. The van der Waals surface area contributed by atoms with Crippen LogP contribution in [-0.2, 0) is 0 Å². The number of aryl methyl sites for hydroxylation is 2. The van der Waals surface area contributed by atoms with Crippen molar-refractivity contribution in [3.8, 4) is 0 Å². The zero-order valence-corrected chi connectivity index (χ0v) is 16.7. The van der Waals surface area contributed by atoms with Crippen LogP contribution in [0.4, 0.5) is 4.79 Å². The van der Waals surface area contributed by atoms with Gasteiger partial charge < -0.3 is 15.1 Å². The second-order valence-corrected chi connectivity index (χ2v) is 8.07. The van der Waals surface area contributed by atoms with E-state index in [9.17, 15) is 4.79 Å². The summed E-state index contributed by atoms with van der Waals surface area (Å²) in [4.78, 5) is 17.0. The summed E-state index contributed by atoms with van der Waals surface area (Å²) in [5, 5.41) is 7.73. The third kappa shape index (κ3) is 4.78. The van der Waals surface area contributed by atoms with Gasteiger partial charge in [-0.25, -0.2) is 4.79 Å². The molecule has 2 fully saturated rings. The maximum absolute atomic E-state index is 12.5. The Labute approximate surface area is 157 Å². The molecule has 3 heterocycles. The first-order valence-corrected chi connectivity index (χ1v) is 10.3. The highest BCUT2D eigenvalue weighted by molar-refractivity contribution is 5.74. The van der Waals surface area contributed by atoms with Gasteiger partial charge in [0.05, 0.1) is 11.7 Å². The fourth-order valence-electron chi connectivity index (χ4n) is 4.45. The predicted octanol–water partition coefficient (Wildman–Crippen LogP) is 2.97. The van der Waals surface area contributed by atoms with Crippen LogP contribution in [0.2, 0.25) is 0 Å². The first-order chi connectivity index (χ1) is 12.6. The summed E-state index contributed by atoms with van der Waals surface area (Å²) in [5.41, 5.74) is 2.24. The van der Waals surface area contributed by atoms with E-state index in [1.165, 1.54) is 44.6 Å². The summed E-state index contributed by atoms with van der Waals surface area (Å²) in [5.74, 6) is 0.768. The standard InChI is InChI=1S/C20H35N5O/c1-4-10-23-11-6-18(7-12-23)5-9-21-20(26)24-13-8-19(15-24)25-17(3)14-16(2)22-25/h14,18-19H,4-13,15H2,1-3H3,(H,21,26)/t19-/m1/s1. The Bertz CT molecular complexity index is 591. The first kappa shape index (κ1) is 19.2. The molecule has 2 amide bonds. The Kier molecular flexibility index (Phi) is 6.57. The van der Waals surface area contributed by atoms with E-state index in [1.54, 1.807) is 0 Å². The zero-order chi connectivity index (χ0) is 18.5. The van der Waals surface area contributed by atoms with Crippen molar-refractivity contribution < 1.29 is 4.79 Å². The van der Waals surface area contributed by atoms with E-state index in [0.29, 0.717) is 6.04 Å². The van der Waals surface area contributed by atoms with Crippen LogP contribution in [0.5, 0.6) is 0 Å². The lowest BCUT2D eigenvalue weighted by molar-refractivity contribution is 0.177. The normalized spacial score (nSPS) is 22.1. The second-order valence-electron chi connectivity index (χ2n) is 8.07. The maximum Gasteiger partial charge on any atom is 0.317 e. The minimum Gasteiger partial charge on any atom is -0.338 e. The third-order valence-electron chi connectivity index (χ3n) is 5.92. The van der Waals surface area contributed by atoms with E-state index in [-0.39, 0.29) is 6.03 Å². The molecule has 0 saturated carbocycles. The number of hydrogen-bond acceptors (Lipinski definition) is 3. The molecule has 26 heavy (non-hydrogen) atoms. The topological polar surface area (TPSA) is 53.4 Å². The van der Waals surface area contributed by atoms with E-state index in [2.05, 4.69) is 39.9 Å². The molecule has 1 aromatic heterocycles. The van der Waals surface area contributed by atoms with Crippen molar-refractivity contribution in [3.63, 3.8) is 0 Å². The van der Waals surface area contributed by atoms with Crippen molar-refractivity contribution >= 4 is 6.03 Å². The Hall–Kier alpha value is -1.56. The van der Waals surface area contributed by atoms with Crippen LogP contribution >= 0.6 is 0 Å². The number of carbonyl (C=O) groups excluding carboxylic acids is 1. The molecule has 2 saturated heterocycles. The molecule has 1 aromatic rings. The summed E-state index contributed by atoms with van der Waals surface area (Å²) >= 11 is 0. The molecule has 0 bridgehead atoms. The van der Waals surface area contributed by atoms with Crippen molar-refractivity contribution in [1.29, 1.82) is 0 Å². The van der Waals surface area contributed by atoms with E-state index in [1.807, 2.05) is 11.8 Å². The smallest absolute Gasteiger partial charge is 0.317 e. The van der Waals surface area contributed by atoms with Crippen molar-refractivity contribution in [2.75, 3.05) is 39.3 Å². The van der Waals surface area contributed by atoms with E-state index < -0.39 is 0 Å². The third-order valence-corrected chi connectivity index (χ3v) is 5.92. The number of aromatic nitrogens is 2. The lowest BCUT2D eigenvalue weighted by atomic mass is 9.93. The summed E-state index contributed by atoms with van der Waals surface area (Å²) in [6.45, 7) is 12.4. The van der Waals surface area contributed by atoms with Crippen LogP contribution in [0.15, 0.2) is 6.07 Å². The molecule has 2 aliphatic rings.